The molecule has 0 aliphatic rings. The number of carbonyl (C=O) groups excluding carboxylic acids is 1. The number of amides is 1. The number of sulfonamides is 1. The molecule has 1 amide bonds. The Morgan fingerprint density at radius 3 is 2.21 bits per heavy atom. The Balaban J connectivity index is 3.20. The number of hydrogen-bond acceptors (Lipinski definition) is 5. The molecule has 0 radical (unpaired) electrons. The highest BCUT2D eigenvalue weighted by molar-refractivity contribution is 8.02. The van der Waals surface area contributed by atoms with Gasteiger partial charge in [0.05, 0.1) is 14.6 Å². The molecule has 1 aromatic rings. The van der Waals surface area contributed by atoms with Crippen LogP contribution in [0, 0.1) is 5.92 Å². The van der Waals surface area contributed by atoms with Gasteiger partial charge in [0.1, 0.15) is 6.04 Å². The molecule has 24 heavy (non-hydrogen) atoms. The van der Waals surface area contributed by atoms with Gasteiger partial charge in [0.25, 0.3) is 15.9 Å². The quantitative estimate of drug-likeness (QED) is 0.760. The minimum Gasteiger partial charge on any atom is -0.480 e. The number of aliphatic carboxylic acids is 1. The van der Waals surface area contributed by atoms with Gasteiger partial charge in [-0.25, -0.2) is 9.00 Å². The maximum absolute atomic E-state index is 12.2. The Morgan fingerprint density at radius 2 is 1.75 bits per heavy atom. The minimum atomic E-state index is -4.18. The summed E-state index contributed by atoms with van der Waals surface area (Å²) in [5.74, 6) is -2.26. The topological polar surface area (TPSA) is 130 Å². The Bertz CT molecular complexity index is 859. The maximum atomic E-state index is 12.2. The highest BCUT2D eigenvalue weighted by Crippen LogP contribution is 2.16. The summed E-state index contributed by atoms with van der Waals surface area (Å²) in [5.41, 5.74) is -0.0307. The molecule has 10 heteroatoms. The van der Waals surface area contributed by atoms with E-state index in [1.807, 2.05) is 0 Å². The summed E-state index contributed by atoms with van der Waals surface area (Å²) in [6, 6.07) is 3.86. The van der Waals surface area contributed by atoms with Crippen molar-refractivity contribution < 1.29 is 27.3 Å². The standard InChI is InChI=1S/C14H20N2O6S2/c1-9(2)12(14(18)19)15-13(17)10-6-5-7-11(8-10)24(21,22)16-23(3,4)20/h5-9,12H,1-4H3,(H,15,17)(H,18,19)/t12-/m0/s1. The number of carbonyl (C=O) groups is 2. The second kappa shape index (κ2) is 7.31. The molecule has 0 aromatic heterocycles. The number of hydrogen-bond donors (Lipinski definition) is 2. The molecular formula is C14H20N2O6S2. The zero-order valence-electron chi connectivity index (χ0n) is 13.7. The number of carboxylic acids is 1. The Hall–Kier alpha value is -1.94. The molecule has 2 N–H and O–H groups in total. The van der Waals surface area contributed by atoms with E-state index in [0.29, 0.717) is 0 Å². The first-order valence-electron chi connectivity index (χ1n) is 6.90. The van der Waals surface area contributed by atoms with Crippen LogP contribution in [0.3, 0.4) is 0 Å². The first-order chi connectivity index (χ1) is 10.8. The van der Waals surface area contributed by atoms with Crippen LogP contribution in [0.25, 0.3) is 0 Å². The monoisotopic (exact) mass is 376 g/mol. The summed E-state index contributed by atoms with van der Waals surface area (Å²) in [4.78, 5) is 23.0. The van der Waals surface area contributed by atoms with Gasteiger partial charge >= 0.3 is 5.97 Å². The van der Waals surface area contributed by atoms with Crippen molar-refractivity contribution in [2.45, 2.75) is 24.8 Å². The van der Waals surface area contributed by atoms with Gasteiger partial charge in [0.2, 0.25) is 0 Å². The largest absolute Gasteiger partial charge is 0.480 e. The lowest BCUT2D eigenvalue weighted by molar-refractivity contribution is -0.140. The van der Waals surface area contributed by atoms with Gasteiger partial charge in [0.15, 0.2) is 0 Å². The molecule has 1 aromatic carbocycles. The third-order valence-electron chi connectivity index (χ3n) is 2.89. The summed E-state index contributed by atoms with van der Waals surface area (Å²) < 4.78 is 39.1. The van der Waals surface area contributed by atoms with Crippen molar-refractivity contribution in [1.82, 2.24) is 5.32 Å². The summed E-state index contributed by atoms with van der Waals surface area (Å²) in [6.07, 6.45) is 2.36. The number of nitrogens with zero attached hydrogens (tertiary/aromatic N) is 1. The van der Waals surface area contributed by atoms with Crippen LogP contribution >= 0.6 is 0 Å². The van der Waals surface area contributed by atoms with Crippen LogP contribution in [0.4, 0.5) is 0 Å². The van der Waals surface area contributed by atoms with Gasteiger partial charge in [-0.3, -0.25) is 4.79 Å². The van der Waals surface area contributed by atoms with Crippen LogP contribution < -0.4 is 5.32 Å². The predicted molar refractivity (Wildman–Crippen MR) is 89.8 cm³/mol. The van der Waals surface area contributed by atoms with Crippen LogP contribution in [-0.2, 0) is 24.5 Å². The average Bonchev–Trinajstić information content (AvgIpc) is 2.41. The lowest BCUT2D eigenvalue weighted by atomic mass is 10.0. The minimum absolute atomic E-state index is 0.0307. The van der Waals surface area contributed by atoms with Gasteiger partial charge in [-0.1, -0.05) is 19.9 Å². The van der Waals surface area contributed by atoms with Crippen molar-refractivity contribution in [3.63, 3.8) is 0 Å². The summed E-state index contributed by atoms with van der Waals surface area (Å²) in [6.45, 7) is 3.27. The van der Waals surface area contributed by atoms with Crippen molar-refractivity contribution in [2.24, 2.45) is 9.69 Å². The molecule has 0 bridgehead atoms. The summed E-state index contributed by atoms with van der Waals surface area (Å²) in [5, 5.41) is 11.4. The van der Waals surface area contributed by atoms with Crippen LogP contribution in [0.2, 0.25) is 0 Å². The molecule has 0 fully saturated rings. The highest BCUT2D eigenvalue weighted by Gasteiger charge is 2.24. The number of benzene rings is 1. The van der Waals surface area contributed by atoms with Crippen LogP contribution in [0.1, 0.15) is 24.2 Å². The summed E-state index contributed by atoms with van der Waals surface area (Å²) >= 11 is 0. The molecule has 0 unspecified atom stereocenters. The van der Waals surface area contributed by atoms with E-state index in [0.717, 1.165) is 6.07 Å². The predicted octanol–water partition coefficient (Wildman–Crippen LogP) is 0.942. The molecule has 0 aliphatic heterocycles. The normalized spacial score (nSPS) is 13.4. The van der Waals surface area contributed by atoms with E-state index in [1.54, 1.807) is 13.8 Å². The second-order valence-electron chi connectivity index (χ2n) is 5.79. The zero-order valence-corrected chi connectivity index (χ0v) is 15.3. The van der Waals surface area contributed by atoms with Crippen molar-refractivity contribution in [1.29, 1.82) is 0 Å². The van der Waals surface area contributed by atoms with Crippen molar-refractivity contribution in [3.05, 3.63) is 29.8 Å². The fraction of sp³-hybridized carbons (Fsp3) is 0.429. The average molecular weight is 376 g/mol. The molecule has 0 spiro atoms. The van der Waals surface area contributed by atoms with Crippen LogP contribution in [-0.4, -0.2) is 48.2 Å². The lowest BCUT2D eigenvalue weighted by Crippen LogP contribution is -2.44. The number of rotatable bonds is 6. The smallest absolute Gasteiger partial charge is 0.326 e. The maximum Gasteiger partial charge on any atom is 0.326 e. The molecule has 0 saturated carbocycles. The van der Waals surface area contributed by atoms with E-state index < -0.39 is 37.7 Å². The van der Waals surface area contributed by atoms with Crippen molar-refractivity contribution in [3.8, 4) is 0 Å². The molecular weight excluding hydrogens is 356 g/mol. The first kappa shape index (κ1) is 20.1. The second-order valence-corrected chi connectivity index (χ2v) is 10.2. The van der Waals surface area contributed by atoms with Crippen LogP contribution in [0.15, 0.2) is 32.9 Å². The van der Waals surface area contributed by atoms with Gasteiger partial charge in [-0.15, -0.1) is 3.77 Å². The van der Waals surface area contributed by atoms with Gasteiger partial charge < -0.3 is 10.4 Å². The van der Waals surface area contributed by atoms with Gasteiger partial charge in [-0.05, 0) is 24.1 Å². The van der Waals surface area contributed by atoms with Gasteiger partial charge in [-0.2, -0.15) is 8.42 Å². The number of carboxylic acid groups (broad SMARTS) is 1. The molecule has 0 heterocycles. The number of nitrogens with one attached hydrogen (secondary N) is 1. The van der Waals surface area contributed by atoms with E-state index in [2.05, 4.69) is 9.08 Å². The third kappa shape index (κ3) is 5.60. The molecule has 1 rings (SSSR count). The summed E-state index contributed by atoms with van der Waals surface area (Å²) in [7, 11) is -7.08. The lowest BCUT2D eigenvalue weighted by Gasteiger charge is -2.18. The van der Waals surface area contributed by atoms with Gasteiger partial charge in [0, 0.05) is 18.1 Å². The molecule has 0 aliphatic carbocycles. The first-order valence-corrected chi connectivity index (χ1v) is 10.7. The van der Waals surface area contributed by atoms with Crippen molar-refractivity contribution >= 4 is 31.6 Å². The van der Waals surface area contributed by atoms with E-state index in [1.165, 1.54) is 30.7 Å². The van der Waals surface area contributed by atoms with E-state index in [-0.39, 0.29) is 16.4 Å². The molecule has 1 atom stereocenters. The van der Waals surface area contributed by atoms with Crippen molar-refractivity contribution in [2.75, 3.05) is 12.5 Å². The Labute approximate surface area is 141 Å². The molecule has 134 valence electrons. The molecule has 0 saturated heterocycles. The zero-order chi connectivity index (χ0) is 18.7. The third-order valence-corrected chi connectivity index (χ3v) is 5.96. The molecule has 8 nitrogen and oxygen atoms in total. The van der Waals surface area contributed by atoms with E-state index >= 15 is 0 Å². The Morgan fingerprint density at radius 1 is 1.17 bits per heavy atom. The van der Waals surface area contributed by atoms with Crippen LogP contribution in [0.5, 0.6) is 0 Å². The SMILES string of the molecule is CC(C)[C@H](NC(=O)c1cccc(S(=O)(=O)N=S(C)(C)=O)c1)C(=O)O. The fourth-order valence-corrected chi connectivity index (χ4v) is 4.58. The van der Waals surface area contributed by atoms with E-state index in [9.17, 15) is 22.2 Å². The Kier molecular flexibility index (Phi) is 6.12. The van der Waals surface area contributed by atoms with E-state index in [4.69, 9.17) is 5.11 Å². The highest BCUT2D eigenvalue weighted by atomic mass is 32.3. The fourth-order valence-electron chi connectivity index (χ4n) is 1.82.